The third kappa shape index (κ3) is 5.00. The van der Waals surface area contributed by atoms with E-state index in [0.29, 0.717) is 5.56 Å². The Hall–Kier alpha value is -4.22. The van der Waals surface area contributed by atoms with Crippen molar-refractivity contribution in [2.24, 2.45) is 0 Å². The Bertz CT molecular complexity index is 1280. The SMILES string of the molecule is O=C(NCCNC(=O)c1nc(Cn2c(C(F)(F)F)nc3ccccc32)no1)c1ccccc1. The van der Waals surface area contributed by atoms with Crippen LogP contribution in [0.15, 0.2) is 59.1 Å². The molecule has 0 bridgehead atoms. The number of halogens is 3. The van der Waals surface area contributed by atoms with Crippen LogP contribution in [-0.2, 0) is 12.7 Å². The van der Waals surface area contributed by atoms with Gasteiger partial charge in [0.1, 0.15) is 0 Å². The van der Waals surface area contributed by atoms with Crippen molar-refractivity contribution in [2.75, 3.05) is 13.1 Å². The molecule has 12 heteroatoms. The minimum atomic E-state index is -4.69. The Labute approximate surface area is 184 Å². The molecule has 2 aromatic heterocycles. The second kappa shape index (κ2) is 9.10. The van der Waals surface area contributed by atoms with Gasteiger partial charge in [0.2, 0.25) is 5.82 Å². The monoisotopic (exact) mass is 458 g/mol. The normalized spacial score (nSPS) is 11.5. The maximum Gasteiger partial charge on any atom is 0.449 e. The van der Waals surface area contributed by atoms with E-state index in [2.05, 4.69) is 25.8 Å². The molecule has 0 aliphatic carbocycles. The summed E-state index contributed by atoms with van der Waals surface area (Å²) in [5.74, 6) is -2.63. The van der Waals surface area contributed by atoms with Gasteiger partial charge in [-0.15, -0.1) is 0 Å². The molecule has 2 aromatic carbocycles. The van der Waals surface area contributed by atoms with Crippen molar-refractivity contribution >= 4 is 22.8 Å². The number of hydrogen-bond donors (Lipinski definition) is 2. The maximum atomic E-state index is 13.4. The Morgan fingerprint density at radius 1 is 0.909 bits per heavy atom. The number of rotatable bonds is 7. The largest absolute Gasteiger partial charge is 0.449 e. The molecule has 9 nitrogen and oxygen atoms in total. The Morgan fingerprint density at radius 2 is 1.58 bits per heavy atom. The molecule has 0 spiro atoms. The third-order valence-corrected chi connectivity index (χ3v) is 4.60. The summed E-state index contributed by atoms with van der Waals surface area (Å²) in [4.78, 5) is 31.7. The van der Waals surface area contributed by atoms with Gasteiger partial charge in [0.05, 0.1) is 17.6 Å². The summed E-state index contributed by atoms with van der Waals surface area (Å²) in [6.45, 7) is -0.158. The molecule has 2 N–H and O–H groups in total. The van der Waals surface area contributed by atoms with Gasteiger partial charge in [-0.25, -0.2) is 4.98 Å². The van der Waals surface area contributed by atoms with Crippen molar-refractivity contribution in [2.45, 2.75) is 12.7 Å². The molecule has 4 rings (SSSR count). The zero-order valence-electron chi connectivity index (χ0n) is 17.0. The van der Waals surface area contributed by atoms with E-state index in [-0.39, 0.29) is 42.4 Å². The second-order valence-corrected chi connectivity index (χ2v) is 6.90. The van der Waals surface area contributed by atoms with Crippen LogP contribution in [0.5, 0.6) is 0 Å². The van der Waals surface area contributed by atoms with Crippen molar-refractivity contribution < 1.29 is 27.3 Å². The Morgan fingerprint density at radius 3 is 2.30 bits per heavy atom. The molecule has 0 aliphatic heterocycles. The van der Waals surface area contributed by atoms with Crippen molar-refractivity contribution in [3.8, 4) is 0 Å². The minimum Gasteiger partial charge on any atom is -0.350 e. The number of aromatic nitrogens is 4. The predicted octanol–water partition coefficient (Wildman–Crippen LogP) is 2.65. The van der Waals surface area contributed by atoms with E-state index < -0.39 is 23.8 Å². The summed E-state index contributed by atoms with van der Waals surface area (Å²) in [6.07, 6.45) is -4.69. The topological polar surface area (TPSA) is 115 Å². The van der Waals surface area contributed by atoms with Crippen LogP contribution < -0.4 is 10.6 Å². The first-order valence-electron chi connectivity index (χ1n) is 9.79. The summed E-state index contributed by atoms with van der Waals surface area (Å²) in [5.41, 5.74) is 0.897. The molecule has 4 aromatic rings. The minimum absolute atomic E-state index is 0.0828. The van der Waals surface area contributed by atoms with E-state index in [4.69, 9.17) is 4.52 Å². The second-order valence-electron chi connectivity index (χ2n) is 6.90. The molecule has 0 saturated heterocycles. The molecule has 33 heavy (non-hydrogen) atoms. The van der Waals surface area contributed by atoms with Gasteiger partial charge >= 0.3 is 18.0 Å². The lowest BCUT2D eigenvalue weighted by molar-refractivity contribution is -0.146. The van der Waals surface area contributed by atoms with Gasteiger partial charge in [-0.3, -0.25) is 9.59 Å². The van der Waals surface area contributed by atoms with Crippen molar-refractivity contribution in [1.29, 1.82) is 0 Å². The number of fused-ring (bicyclic) bond motifs is 1. The highest BCUT2D eigenvalue weighted by Crippen LogP contribution is 2.31. The fraction of sp³-hybridized carbons (Fsp3) is 0.190. The lowest BCUT2D eigenvalue weighted by atomic mass is 10.2. The molecule has 0 fully saturated rings. The molecule has 0 unspecified atom stereocenters. The van der Waals surface area contributed by atoms with E-state index in [1.807, 2.05) is 0 Å². The average Bonchev–Trinajstić information content (AvgIpc) is 3.42. The fourth-order valence-electron chi connectivity index (χ4n) is 3.12. The third-order valence-electron chi connectivity index (χ3n) is 4.60. The van der Waals surface area contributed by atoms with E-state index in [0.717, 1.165) is 4.57 Å². The van der Waals surface area contributed by atoms with E-state index in [1.165, 1.54) is 12.1 Å². The molecule has 0 aliphatic rings. The van der Waals surface area contributed by atoms with Gasteiger partial charge < -0.3 is 19.7 Å². The number of alkyl halides is 3. The van der Waals surface area contributed by atoms with Gasteiger partial charge in [-0.1, -0.05) is 35.5 Å². The number of carbonyl (C=O) groups excluding carboxylic acids is 2. The smallest absolute Gasteiger partial charge is 0.350 e. The van der Waals surface area contributed by atoms with Gasteiger partial charge in [0.25, 0.3) is 5.91 Å². The van der Waals surface area contributed by atoms with E-state index >= 15 is 0 Å². The van der Waals surface area contributed by atoms with Crippen molar-refractivity contribution in [1.82, 2.24) is 30.3 Å². The number of nitrogens with zero attached hydrogens (tertiary/aromatic N) is 4. The Balaban J connectivity index is 1.37. The van der Waals surface area contributed by atoms with Crippen molar-refractivity contribution in [3.05, 3.63) is 77.7 Å². The van der Waals surface area contributed by atoms with Crippen LogP contribution in [0.25, 0.3) is 11.0 Å². The summed E-state index contributed by atoms with van der Waals surface area (Å²) in [6, 6.07) is 14.7. The van der Waals surface area contributed by atoms with Crippen LogP contribution in [0.4, 0.5) is 13.2 Å². The summed E-state index contributed by atoms with van der Waals surface area (Å²) >= 11 is 0. The molecule has 2 heterocycles. The summed E-state index contributed by atoms with van der Waals surface area (Å²) in [5, 5.41) is 8.74. The van der Waals surface area contributed by atoms with Gasteiger partial charge in [-0.2, -0.15) is 18.2 Å². The molecule has 2 amide bonds. The number of amides is 2. The van der Waals surface area contributed by atoms with Crippen LogP contribution in [0.1, 0.15) is 32.7 Å². The molecule has 0 radical (unpaired) electrons. The summed E-state index contributed by atoms with van der Waals surface area (Å²) < 4.78 is 46.1. The zero-order chi connectivity index (χ0) is 23.4. The number of hydrogen-bond acceptors (Lipinski definition) is 6. The number of benzene rings is 2. The van der Waals surface area contributed by atoms with Crippen LogP contribution in [0.2, 0.25) is 0 Å². The van der Waals surface area contributed by atoms with Crippen LogP contribution in [0, 0.1) is 0 Å². The number of nitrogens with one attached hydrogen (secondary N) is 2. The van der Waals surface area contributed by atoms with Crippen LogP contribution in [-0.4, -0.2) is 44.6 Å². The number of carbonyl (C=O) groups is 2. The van der Waals surface area contributed by atoms with Gasteiger partial charge in [-0.05, 0) is 24.3 Å². The zero-order valence-corrected chi connectivity index (χ0v) is 17.0. The standard InChI is InChI=1S/C21H17F3N6O3/c22-21(23,24)20-27-14-8-4-5-9-15(14)30(20)12-16-28-19(33-29-16)18(32)26-11-10-25-17(31)13-6-2-1-3-7-13/h1-9H,10-12H2,(H,25,31)(H,26,32). The highest BCUT2D eigenvalue weighted by atomic mass is 19.4. The van der Waals surface area contributed by atoms with Crippen LogP contribution in [0.3, 0.4) is 0 Å². The Kier molecular flexibility index (Phi) is 6.07. The van der Waals surface area contributed by atoms with Gasteiger partial charge in [0.15, 0.2) is 5.82 Å². The fourth-order valence-corrected chi connectivity index (χ4v) is 3.12. The van der Waals surface area contributed by atoms with Gasteiger partial charge in [0, 0.05) is 18.7 Å². The van der Waals surface area contributed by atoms with E-state index in [9.17, 15) is 22.8 Å². The number of imidazole rings is 1. The first-order valence-corrected chi connectivity index (χ1v) is 9.79. The summed E-state index contributed by atoms with van der Waals surface area (Å²) in [7, 11) is 0. The maximum absolute atomic E-state index is 13.4. The van der Waals surface area contributed by atoms with E-state index in [1.54, 1.807) is 42.5 Å². The quantitative estimate of drug-likeness (QED) is 0.412. The lowest BCUT2D eigenvalue weighted by Crippen LogP contribution is -2.34. The highest BCUT2D eigenvalue weighted by Gasteiger charge is 2.38. The molecular formula is C21H17F3N6O3. The molecule has 170 valence electrons. The number of para-hydroxylation sites is 2. The lowest BCUT2D eigenvalue weighted by Gasteiger charge is -2.09. The molecule has 0 atom stereocenters. The van der Waals surface area contributed by atoms with Crippen LogP contribution >= 0.6 is 0 Å². The molecule has 0 saturated carbocycles. The molecular weight excluding hydrogens is 441 g/mol. The predicted molar refractivity (Wildman–Crippen MR) is 109 cm³/mol. The first-order chi connectivity index (χ1) is 15.8. The average molecular weight is 458 g/mol. The highest BCUT2D eigenvalue weighted by molar-refractivity contribution is 5.94. The van der Waals surface area contributed by atoms with Crippen molar-refractivity contribution in [3.63, 3.8) is 0 Å². The first kappa shape index (κ1) is 22.0.